The van der Waals surface area contributed by atoms with Crippen LogP contribution in [-0.2, 0) is 6.54 Å². The van der Waals surface area contributed by atoms with Crippen LogP contribution in [0.25, 0.3) is 0 Å². The fourth-order valence-electron chi connectivity index (χ4n) is 2.02. The molecule has 0 radical (unpaired) electrons. The summed E-state index contributed by atoms with van der Waals surface area (Å²) in [5, 5.41) is 0. The number of hydrogen-bond donors (Lipinski definition) is 0. The predicted octanol–water partition coefficient (Wildman–Crippen LogP) is 2.15. The highest BCUT2D eigenvalue weighted by atomic mass is 16.3. The molecule has 1 aromatic rings. The lowest BCUT2D eigenvalue weighted by atomic mass is 10.2. The monoisotopic (exact) mass is 222 g/mol. The summed E-state index contributed by atoms with van der Waals surface area (Å²) in [5.74, 6) is 2.69. The van der Waals surface area contributed by atoms with E-state index in [0.717, 1.165) is 44.2 Å². The van der Waals surface area contributed by atoms with Gasteiger partial charge in [-0.2, -0.15) is 0 Å². The van der Waals surface area contributed by atoms with Gasteiger partial charge in [-0.3, -0.25) is 4.90 Å². The van der Waals surface area contributed by atoms with Crippen molar-refractivity contribution in [2.45, 2.75) is 26.3 Å². The minimum atomic E-state index is 0.487. The summed E-state index contributed by atoms with van der Waals surface area (Å²) in [6.07, 6.45) is 0. The highest BCUT2D eigenvalue weighted by Gasteiger charge is 2.15. The molecule has 0 aromatic carbocycles. The Hall–Kier alpha value is -0.800. The van der Waals surface area contributed by atoms with E-state index in [9.17, 15) is 0 Å². The van der Waals surface area contributed by atoms with Crippen molar-refractivity contribution in [1.82, 2.24) is 9.80 Å². The van der Waals surface area contributed by atoms with Gasteiger partial charge in [-0.15, -0.1) is 0 Å². The molecule has 2 heterocycles. The Labute approximate surface area is 98.0 Å². The van der Waals surface area contributed by atoms with E-state index < -0.39 is 0 Å². The molecule has 0 spiro atoms. The molecule has 16 heavy (non-hydrogen) atoms. The van der Waals surface area contributed by atoms with Crippen molar-refractivity contribution in [1.29, 1.82) is 0 Å². The second kappa shape index (κ2) is 5.02. The SMILES string of the molecule is CC(C)c1ccc(CN2CCN(C)CC2)o1. The van der Waals surface area contributed by atoms with Crippen LogP contribution in [0, 0.1) is 0 Å². The quantitative estimate of drug-likeness (QED) is 0.781. The standard InChI is InChI=1S/C13H22N2O/c1-11(2)13-5-4-12(16-13)10-15-8-6-14(3)7-9-15/h4-5,11H,6-10H2,1-3H3. The van der Waals surface area contributed by atoms with Crippen LogP contribution in [0.3, 0.4) is 0 Å². The molecule has 3 nitrogen and oxygen atoms in total. The lowest BCUT2D eigenvalue weighted by Crippen LogP contribution is -2.43. The van der Waals surface area contributed by atoms with E-state index in [4.69, 9.17) is 4.42 Å². The first-order valence-electron chi connectivity index (χ1n) is 6.14. The van der Waals surface area contributed by atoms with Gasteiger partial charge in [-0.1, -0.05) is 13.8 Å². The van der Waals surface area contributed by atoms with Gasteiger partial charge in [0.25, 0.3) is 0 Å². The van der Waals surface area contributed by atoms with E-state index >= 15 is 0 Å². The van der Waals surface area contributed by atoms with Gasteiger partial charge in [-0.05, 0) is 19.2 Å². The maximum atomic E-state index is 5.82. The maximum Gasteiger partial charge on any atom is 0.118 e. The molecule has 1 aliphatic rings. The number of furan rings is 1. The molecule has 3 heteroatoms. The molecule has 2 rings (SSSR count). The van der Waals surface area contributed by atoms with E-state index in [0.29, 0.717) is 5.92 Å². The second-order valence-corrected chi connectivity index (χ2v) is 5.04. The van der Waals surface area contributed by atoms with Crippen LogP contribution in [0.2, 0.25) is 0 Å². The average Bonchev–Trinajstić information content (AvgIpc) is 2.70. The highest BCUT2D eigenvalue weighted by Crippen LogP contribution is 2.18. The Morgan fingerprint density at radius 2 is 1.88 bits per heavy atom. The second-order valence-electron chi connectivity index (χ2n) is 5.04. The summed E-state index contributed by atoms with van der Waals surface area (Å²) in [4.78, 5) is 4.83. The Balaban J connectivity index is 1.88. The molecule has 0 saturated carbocycles. The fraction of sp³-hybridized carbons (Fsp3) is 0.692. The molecule has 0 N–H and O–H groups in total. The Morgan fingerprint density at radius 1 is 1.19 bits per heavy atom. The molecule has 1 saturated heterocycles. The summed E-state index contributed by atoms with van der Waals surface area (Å²) in [6, 6.07) is 4.23. The van der Waals surface area contributed by atoms with E-state index in [1.165, 1.54) is 0 Å². The van der Waals surface area contributed by atoms with Gasteiger partial charge in [-0.25, -0.2) is 0 Å². The van der Waals surface area contributed by atoms with Gasteiger partial charge < -0.3 is 9.32 Å². The van der Waals surface area contributed by atoms with Crippen molar-refractivity contribution in [3.05, 3.63) is 23.7 Å². The summed E-state index contributed by atoms with van der Waals surface area (Å²) < 4.78 is 5.82. The number of likely N-dealkylation sites (N-methyl/N-ethyl adjacent to an activating group) is 1. The van der Waals surface area contributed by atoms with E-state index in [2.05, 4.69) is 42.8 Å². The van der Waals surface area contributed by atoms with E-state index in [1.807, 2.05) is 0 Å². The number of nitrogens with zero attached hydrogens (tertiary/aromatic N) is 2. The molecule has 1 aliphatic heterocycles. The Kier molecular flexibility index (Phi) is 3.66. The van der Waals surface area contributed by atoms with Crippen LogP contribution in [0.4, 0.5) is 0 Å². The first-order chi connectivity index (χ1) is 7.65. The lowest BCUT2D eigenvalue weighted by Gasteiger charge is -2.31. The van der Waals surface area contributed by atoms with Gasteiger partial charge in [0.2, 0.25) is 0 Å². The zero-order valence-electron chi connectivity index (χ0n) is 10.6. The topological polar surface area (TPSA) is 19.6 Å². The van der Waals surface area contributed by atoms with Crippen molar-refractivity contribution in [3.8, 4) is 0 Å². The largest absolute Gasteiger partial charge is 0.464 e. The zero-order valence-corrected chi connectivity index (χ0v) is 10.6. The van der Waals surface area contributed by atoms with Crippen LogP contribution < -0.4 is 0 Å². The Bertz CT molecular complexity index is 324. The van der Waals surface area contributed by atoms with Crippen molar-refractivity contribution >= 4 is 0 Å². The third kappa shape index (κ3) is 2.86. The van der Waals surface area contributed by atoms with Gasteiger partial charge in [0.1, 0.15) is 11.5 Å². The molecular weight excluding hydrogens is 200 g/mol. The van der Waals surface area contributed by atoms with E-state index in [1.54, 1.807) is 0 Å². The maximum absolute atomic E-state index is 5.82. The molecule has 0 bridgehead atoms. The average molecular weight is 222 g/mol. The molecule has 1 aromatic heterocycles. The van der Waals surface area contributed by atoms with Crippen molar-refractivity contribution in [2.24, 2.45) is 0 Å². The minimum absolute atomic E-state index is 0.487. The molecule has 0 amide bonds. The minimum Gasteiger partial charge on any atom is -0.464 e. The van der Waals surface area contributed by atoms with Gasteiger partial charge in [0.05, 0.1) is 6.54 Å². The van der Waals surface area contributed by atoms with Gasteiger partial charge in [0.15, 0.2) is 0 Å². The molecule has 1 fully saturated rings. The van der Waals surface area contributed by atoms with Gasteiger partial charge in [0, 0.05) is 32.1 Å². The molecule has 0 unspecified atom stereocenters. The van der Waals surface area contributed by atoms with Crippen LogP contribution in [0.5, 0.6) is 0 Å². The highest BCUT2D eigenvalue weighted by molar-refractivity contribution is 5.10. The molecule has 0 atom stereocenters. The van der Waals surface area contributed by atoms with E-state index in [-0.39, 0.29) is 0 Å². The third-order valence-corrected chi connectivity index (χ3v) is 3.23. The molecular formula is C13H22N2O. The fourth-order valence-corrected chi connectivity index (χ4v) is 2.02. The first kappa shape index (κ1) is 11.7. The van der Waals surface area contributed by atoms with Crippen LogP contribution in [-0.4, -0.2) is 43.0 Å². The summed E-state index contributed by atoms with van der Waals surface area (Å²) in [6.45, 7) is 9.91. The molecule has 90 valence electrons. The van der Waals surface area contributed by atoms with Crippen molar-refractivity contribution in [2.75, 3.05) is 33.2 Å². The van der Waals surface area contributed by atoms with Gasteiger partial charge >= 0.3 is 0 Å². The normalized spacial score (nSPS) is 19.5. The Morgan fingerprint density at radius 3 is 2.44 bits per heavy atom. The number of hydrogen-bond acceptors (Lipinski definition) is 3. The molecule has 0 aliphatic carbocycles. The number of piperazine rings is 1. The first-order valence-corrected chi connectivity index (χ1v) is 6.14. The van der Waals surface area contributed by atoms with Crippen LogP contribution >= 0.6 is 0 Å². The van der Waals surface area contributed by atoms with Crippen molar-refractivity contribution < 1.29 is 4.42 Å². The predicted molar refractivity (Wildman–Crippen MR) is 65.6 cm³/mol. The van der Waals surface area contributed by atoms with Crippen molar-refractivity contribution in [3.63, 3.8) is 0 Å². The zero-order chi connectivity index (χ0) is 11.5. The third-order valence-electron chi connectivity index (χ3n) is 3.23. The number of rotatable bonds is 3. The summed E-state index contributed by atoms with van der Waals surface area (Å²) >= 11 is 0. The smallest absolute Gasteiger partial charge is 0.118 e. The van der Waals surface area contributed by atoms with Crippen LogP contribution in [0.15, 0.2) is 16.5 Å². The summed E-state index contributed by atoms with van der Waals surface area (Å²) in [5.41, 5.74) is 0. The van der Waals surface area contributed by atoms with Crippen LogP contribution in [0.1, 0.15) is 31.3 Å². The summed E-state index contributed by atoms with van der Waals surface area (Å²) in [7, 11) is 2.18. The lowest BCUT2D eigenvalue weighted by molar-refractivity contribution is 0.139.